The molecule has 0 unspecified atom stereocenters. The zero-order chi connectivity index (χ0) is 14.7. The highest BCUT2D eigenvalue weighted by atomic mass is 35.5. The summed E-state index contributed by atoms with van der Waals surface area (Å²) in [4.78, 5) is 12.0. The van der Waals surface area contributed by atoms with Crippen LogP contribution in [0.3, 0.4) is 0 Å². The fraction of sp³-hybridized carbons (Fsp3) is 0.286. The number of methoxy groups -OCH3 is 1. The van der Waals surface area contributed by atoms with Crippen LogP contribution in [0.2, 0.25) is 5.02 Å². The van der Waals surface area contributed by atoms with Crippen LogP contribution in [0.5, 0.6) is 5.75 Å². The Kier molecular flexibility index (Phi) is 4.29. The average molecular weight is 295 g/mol. The highest BCUT2D eigenvalue weighted by molar-refractivity contribution is 6.31. The lowest BCUT2D eigenvalue weighted by Gasteiger charge is -2.11. The summed E-state index contributed by atoms with van der Waals surface area (Å²) in [6.07, 6.45) is 1.48. The van der Waals surface area contributed by atoms with Gasteiger partial charge in [0, 0.05) is 17.6 Å². The third-order valence-corrected chi connectivity index (χ3v) is 3.09. The maximum atomic E-state index is 12.0. The van der Waals surface area contributed by atoms with Gasteiger partial charge in [0.05, 0.1) is 25.6 Å². The molecular weight excluding hydrogens is 280 g/mol. The topological polar surface area (TPSA) is 53.3 Å². The normalized spacial score (nSPS) is 10.4. The summed E-state index contributed by atoms with van der Waals surface area (Å²) in [5.74, 6) is 0.196. The van der Waals surface area contributed by atoms with Crippen molar-refractivity contribution in [1.82, 2.24) is 9.78 Å². The molecule has 0 saturated carbocycles. The van der Waals surface area contributed by atoms with Crippen LogP contribution < -0.4 is 4.74 Å². The van der Waals surface area contributed by atoms with Crippen molar-refractivity contribution in [3.63, 3.8) is 0 Å². The SMILES string of the molecule is CCOC(=O)c1cnn(C)c1-c1cc(Cl)ccc1OC. The predicted molar refractivity (Wildman–Crippen MR) is 76.2 cm³/mol. The van der Waals surface area contributed by atoms with Gasteiger partial charge in [0.2, 0.25) is 0 Å². The van der Waals surface area contributed by atoms with Crippen LogP contribution in [0.15, 0.2) is 24.4 Å². The fourth-order valence-electron chi connectivity index (χ4n) is 1.98. The Labute approximate surface area is 122 Å². The lowest BCUT2D eigenvalue weighted by Crippen LogP contribution is -2.07. The molecule has 5 nitrogen and oxygen atoms in total. The van der Waals surface area contributed by atoms with Crippen molar-refractivity contribution in [3.05, 3.63) is 35.0 Å². The van der Waals surface area contributed by atoms with Crippen LogP contribution in [-0.4, -0.2) is 29.5 Å². The third kappa shape index (κ3) is 2.63. The van der Waals surface area contributed by atoms with Gasteiger partial charge in [-0.15, -0.1) is 0 Å². The summed E-state index contributed by atoms with van der Waals surface area (Å²) in [7, 11) is 3.31. The molecule has 0 saturated heterocycles. The number of rotatable bonds is 4. The molecule has 106 valence electrons. The number of ether oxygens (including phenoxy) is 2. The van der Waals surface area contributed by atoms with E-state index < -0.39 is 5.97 Å². The van der Waals surface area contributed by atoms with Crippen LogP contribution in [-0.2, 0) is 11.8 Å². The van der Waals surface area contributed by atoms with E-state index in [1.54, 1.807) is 44.0 Å². The van der Waals surface area contributed by atoms with E-state index in [1.165, 1.54) is 6.20 Å². The van der Waals surface area contributed by atoms with E-state index in [0.29, 0.717) is 34.2 Å². The fourth-order valence-corrected chi connectivity index (χ4v) is 2.15. The van der Waals surface area contributed by atoms with Gasteiger partial charge in [0.15, 0.2) is 0 Å². The first kappa shape index (κ1) is 14.4. The lowest BCUT2D eigenvalue weighted by atomic mass is 10.1. The number of halogens is 1. The molecule has 1 aromatic carbocycles. The lowest BCUT2D eigenvalue weighted by molar-refractivity contribution is 0.0527. The first-order valence-electron chi connectivity index (χ1n) is 6.11. The first-order chi connectivity index (χ1) is 9.58. The van der Waals surface area contributed by atoms with Gasteiger partial charge in [-0.25, -0.2) is 4.79 Å². The van der Waals surface area contributed by atoms with Crippen LogP contribution in [0, 0.1) is 0 Å². The molecule has 2 rings (SSSR count). The Bertz CT molecular complexity index is 637. The molecule has 0 spiro atoms. The number of hydrogen-bond donors (Lipinski definition) is 0. The summed E-state index contributed by atoms with van der Waals surface area (Å²) in [5.41, 5.74) is 1.70. The summed E-state index contributed by atoms with van der Waals surface area (Å²) in [5, 5.41) is 4.67. The van der Waals surface area contributed by atoms with E-state index in [9.17, 15) is 4.79 Å². The summed E-state index contributed by atoms with van der Waals surface area (Å²) in [6.45, 7) is 2.06. The minimum absolute atomic E-state index is 0.305. The van der Waals surface area contributed by atoms with Crippen LogP contribution in [0.25, 0.3) is 11.3 Å². The minimum atomic E-state index is -0.419. The maximum Gasteiger partial charge on any atom is 0.341 e. The zero-order valence-electron chi connectivity index (χ0n) is 11.5. The van der Waals surface area contributed by atoms with E-state index >= 15 is 0 Å². The molecule has 0 aliphatic heterocycles. The van der Waals surface area contributed by atoms with Gasteiger partial charge in [-0.2, -0.15) is 5.10 Å². The van der Waals surface area contributed by atoms with E-state index in [1.807, 2.05) is 0 Å². The predicted octanol–water partition coefficient (Wildman–Crippen LogP) is 2.93. The molecule has 6 heteroatoms. The molecule has 0 fully saturated rings. The molecule has 1 heterocycles. The molecule has 0 aliphatic rings. The van der Waals surface area contributed by atoms with Crippen molar-refractivity contribution in [1.29, 1.82) is 0 Å². The molecular formula is C14H15ClN2O3. The molecule has 0 bridgehead atoms. The molecule has 0 aliphatic carbocycles. The van der Waals surface area contributed by atoms with Crippen molar-refractivity contribution in [2.24, 2.45) is 7.05 Å². The Morgan fingerprint density at radius 1 is 1.45 bits per heavy atom. The smallest absolute Gasteiger partial charge is 0.341 e. The van der Waals surface area contributed by atoms with E-state index in [2.05, 4.69) is 5.10 Å². The van der Waals surface area contributed by atoms with Gasteiger partial charge in [-0.3, -0.25) is 4.68 Å². The highest BCUT2D eigenvalue weighted by Gasteiger charge is 2.21. The van der Waals surface area contributed by atoms with Crippen molar-refractivity contribution >= 4 is 17.6 Å². The van der Waals surface area contributed by atoms with Crippen molar-refractivity contribution in [3.8, 4) is 17.0 Å². The number of hydrogen-bond acceptors (Lipinski definition) is 4. The van der Waals surface area contributed by atoms with Gasteiger partial charge in [-0.05, 0) is 25.1 Å². The van der Waals surface area contributed by atoms with Crippen molar-refractivity contribution in [2.75, 3.05) is 13.7 Å². The number of esters is 1. The number of carbonyl (C=O) groups excluding carboxylic acids is 1. The highest BCUT2D eigenvalue weighted by Crippen LogP contribution is 2.34. The summed E-state index contributed by atoms with van der Waals surface area (Å²) < 4.78 is 12.0. The Hall–Kier alpha value is -2.01. The Balaban J connectivity index is 2.60. The number of aryl methyl sites for hydroxylation is 1. The number of aromatic nitrogens is 2. The number of nitrogens with zero attached hydrogens (tertiary/aromatic N) is 2. The molecule has 2 aromatic rings. The largest absolute Gasteiger partial charge is 0.496 e. The van der Waals surface area contributed by atoms with E-state index in [-0.39, 0.29) is 0 Å². The third-order valence-electron chi connectivity index (χ3n) is 2.85. The molecule has 0 radical (unpaired) electrons. The van der Waals surface area contributed by atoms with Gasteiger partial charge >= 0.3 is 5.97 Å². The molecule has 0 atom stereocenters. The number of benzene rings is 1. The van der Waals surface area contributed by atoms with Gasteiger partial charge < -0.3 is 9.47 Å². The monoisotopic (exact) mass is 294 g/mol. The Morgan fingerprint density at radius 3 is 2.85 bits per heavy atom. The van der Waals surface area contributed by atoms with Crippen LogP contribution in [0.4, 0.5) is 0 Å². The summed E-state index contributed by atoms with van der Waals surface area (Å²) in [6, 6.07) is 5.21. The number of carbonyl (C=O) groups is 1. The zero-order valence-corrected chi connectivity index (χ0v) is 12.3. The van der Waals surface area contributed by atoms with Crippen molar-refractivity contribution < 1.29 is 14.3 Å². The molecule has 0 N–H and O–H groups in total. The first-order valence-corrected chi connectivity index (χ1v) is 6.49. The van der Waals surface area contributed by atoms with Gasteiger partial charge in [-0.1, -0.05) is 11.6 Å². The standard InChI is InChI=1S/C14H15ClN2O3/c1-4-20-14(18)11-8-16-17(2)13(11)10-7-9(15)5-6-12(10)19-3/h5-8H,4H2,1-3H3. The summed E-state index contributed by atoms with van der Waals surface area (Å²) >= 11 is 6.03. The second-order valence-corrected chi connectivity index (χ2v) is 4.53. The quantitative estimate of drug-likeness (QED) is 0.814. The minimum Gasteiger partial charge on any atom is -0.496 e. The van der Waals surface area contributed by atoms with Crippen LogP contribution in [0.1, 0.15) is 17.3 Å². The van der Waals surface area contributed by atoms with Gasteiger partial charge in [0.25, 0.3) is 0 Å². The van der Waals surface area contributed by atoms with Crippen LogP contribution >= 0.6 is 11.6 Å². The molecule has 20 heavy (non-hydrogen) atoms. The molecule has 0 amide bonds. The van der Waals surface area contributed by atoms with Crippen molar-refractivity contribution in [2.45, 2.75) is 6.92 Å². The van der Waals surface area contributed by atoms with E-state index in [0.717, 1.165) is 0 Å². The van der Waals surface area contributed by atoms with E-state index in [4.69, 9.17) is 21.1 Å². The van der Waals surface area contributed by atoms with Gasteiger partial charge in [0.1, 0.15) is 11.3 Å². The molecule has 1 aromatic heterocycles. The Morgan fingerprint density at radius 2 is 2.20 bits per heavy atom. The average Bonchev–Trinajstić information content (AvgIpc) is 2.80. The second kappa shape index (κ2) is 5.96. The second-order valence-electron chi connectivity index (χ2n) is 4.10. The maximum absolute atomic E-state index is 12.0.